The summed E-state index contributed by atoms with van der Waals surface area (Å²) >= 11 is 0. The van der Waals surface area contributed by atoms with E-state index in [1.807, 2.05) is 0 Å². The summed E-state index contributed by atoms with van der Waals surface area (Å²) in [7, 11) is -1.29. The molecule has 0 fully saturated rings. The number of carbonyl (C=O) groups is 2. The molecule has 0 bridgehead atoms. The Kier molecular flexibility index (Phi) is 4.91. The number of ether oxygens (including phenoxy) is 1. The smallest absolute Gasteiger partial charge is 0.302 e. The molecule has 0 atom stereocenters. The van der Waals surface area contributed by atoms with Gasteiger partial charge in [0.2, 0.25) is 0 Å². The fourth-order valence-electron chi connectivity index (χ4n) is 0.988. The first-order chi connectivity index (χ1) is 5.81. The zero-order chi connectivity index (χ0) is 10.5. The lowest BCUT2D eigenvalue weighted by molar-refractivity contribution is -0.141. The molecule has 0 aliphatic heterocycles. The highest BCUT2D eigenvalue weighted by Crippen LogP contribution is 2.09. The molecular formula is C9H18O3Si. The van der Waals surface area contributed by atoms with E-state index in [0.717, 1.165) is 0 Å². The molecule has 0 aliphatic carbocycles. The number of hydrogen-bond acceptors (Lipinski definition) is 3. The van der Waals surface area contributed by atoms with Crippen molar-refractivity contribution in [3.8, 4) is 0 Å². The van der Waals surface area contributed by atoms with Crippen LogP contribution in [-0.4, -0.2) is 26.4 Å². The van der Waals surface area contributed by atoms with E-state index < -0.39 is 8.07 Å². The lowest BCUT2D eigenvalue weighted by Gasteiger charge is -2.13. The number of carbonyl (C=O) groups excluding carboxylic acids is 2. The Hall–Kier alpha value is -0.643. The largest absolute Gasteiger partial charge is 0.465 e. The molecular weight excluding hydrogens is 184 g/mol. The van der Waals surface area contributed by atoms with Crippen LogP contribution in [0.15, 0.2) is 0 Å². The number of esters is 1. The van der Waals surface area contributed by atoms with Crippen molar-refractivity contribution in [2.75, 3.05) is 6.61 Å². The minimum absolute atomic E-state index is 0.209. The summed E-state index contributed by atoms with van der Waals surface area (Å²) in [4.78, 5) is 21.7. The summed E-state index contributed by atoms with van der Waals surface area (Å²) in [5.74, 6) is -0.110. The normalized spacial score (nSPS) is 11.1. The Bertz CT molecular complexity index is 194. The third kappa shape index (κ3) is 9.27. The van der Waals surface area contributed by atoms with Crippen LogP contribution in [0.3, 0.4) is 0 Å². The van der Waals surface area contributed by atoms with Crippen molar-refractivity contribution < 1.29 is 14.3 Å². The van der Waals surface area contributed by atoms with E-state index in [1.54, 1.807) is 0 Å². The maximum atomic E-state index is 11.3. The van der Waals surface area contributed by atoms with Crippen molar-refractivity contribution in [2.45, 2.75) is 39.0 Å². The van der Waals surface area contributed by atoms with E-state index in [9.17, 15) is 9.59 Å². The van der Waals surface area contributed by atoms with Crippen LogP contribution in [0.1, 0.15) is 13.3 Å². The van der Waals surface area contributed by atoms with Gasteiger partial charge in [-0.15, -0.1) is 0 Å². The monoisotopic (exact) mass is 202 g/mol. The molecule has 0 aromatic carbocycles. The molecule has 0 radical (unpaired) electrons. The van der Waals surface area contributed by atoms with Gasteiger partial charge >= 0.3 is 5.97 Å². The van der Waals surface area contributed by atoms with Crippen LogP contribution in [0.2, 0.25) is 25.7 Å². The van der Waals surface area contributed by atoms with Gasteiger partial charge in [0, 0.05) is 19.4 Å². The lowest BCUT2D eigenvalue weighted by atomic mass is 10.3. The molecule has 0 saturated heterocycles. The van der Waals surface area contributed by atoms with E-state index in [0.29, 0.717) is 12.5 Å². The zero-order valence-electron chi connectivity index (χ0n) is 8.85. The quantitative estimate of drug-likeness (QED) is 0.505. The first-order valence-corrected chi connectivity index (χ1v) is 8.17. The predicted octanol–water partition coefficient (Wildman–Crippen LogP) is 1.85. The molecule has 0 heterocycles. The van der Waals surface area contributed by atoms with Gasteiger partial charge in [-0.1, -0.05) is 19.6 Å². The van der Waals surface area contributed by atoms with Gasteiger partial charge in [-0.3, -0.25) is 9.59 Å². The molecule has 0 aromatic heterocycles. The maximum absolute atomic E-state index is 11.3. The summed E-state index contributed by atoms with van der Waals surface area (Å²) in [5.41, 5.74) is 0. The molecule has 0 rings (SSSR count). The SMILES string of the molecule is CC(=O)OCCC(=O)C[Si](C)(C)C. The van der Waals surface area contributed by atoms with Gasteiger partial charge in [0.25, 0.3) is 0 Å². The van der Waals surface area contributed by atoms with Crippen LogP contribution in [-0.2, 0) is 14.3 Å². The minimum Gasteiger partial charge on any atom is -0.465 e. The van der Waals surface area contributed by atoms with E-state index in [4.69, 9.17) is 0 Å². The Labute approximate surface area is 80.5 Å². The van der Waals surface area contributed by atoms with Crippen LogP contribution < -0.4 is 0 Å². The maximum Gasteiger partial charge on any atom is 0.302 e. The molecule has 0 saturated carbocycles. The van der Waals surface area contributed by atoms with Crippen molar-refractivity contribution >= 4 is 19.8 Å². The second-order valence-corrected chi connectivity index (χ2v) is 9.84. The minimum atomic E-state index is -1.29. The van der Waals surface area contributed by atoms with Crippen molar-refractivity contribution in [1.29, 1.82) is 0 Å². The predicted molar refractivity (Wildman–Crippen MR) is 54.4 cm³/mol. The molecule has 0 aliphatic rings. The molecule has 13 heavy (non-hydrogen) atoms. The Morgan fingerprint density at radius 3 is 2.15 bits per heavy atom. The van der Waals surface area contributed by atoms with E-state index >= 15 is 0 Å². The molecule has 3 nitrogen and oxygen atoms in total. The highest BCUT2D eigenvalue weighted by atomic mass is 28.3. The highest BCUT2D eigenvalue weighted by Gasteiger charge is 2.17. The second-order valence-electron chi connectivity index (χ2n) is 4.37. The Morgan fingerprint density at radius 1 is 1.23 bits per heavy atom. The van der Waals surface area contributed by atoms with Crippen LogP contribution in [0, 0.1) is 0 Å². The molecule has 0 unspecified atom stereocenters. The topological polar surface area (TPSA) is 43.4 Å². The lowest BCUT2D eigenvalue weighted by Crippen LogP contribution is -2.24. The van der Waals surface area contributed by atoms with Crippen LogP contribution >= 0.6 is 0 Å². The van der Waals surface area contributed by atoms with Gasteiger partial charge in [0.05, 0.1) is 14.7 Å². The van der Waals surface area contributed by atoms with Crippen molar-refractivity contribution in [1.82, 2.24) is 0 Å². The summed E-state index contributed by atoms with van der Waals surface area (Å²) < 4.78 is 4.68. The first kappa shape index (κ1) is 12.4. The zero-order valence-corrected chi connectivity index (χ0v) is 9.85. The highest BCUT2D eigenvalue weighted by molar-refractivity contribution is 6.78. The molecule has 76 valence electrons. The molecule has 0 amide bonds. The summed E-state index contributed by atoms with van der Waals surface area (Å²) in [6.07, 6.45) is 0.365. The van der Waals surface area contributed by atoms with E-state index in [1.165, 1.54) is 6.92 Å². The summed E-state index contributed by atoms with van der Waals surface area (Å²) in [6, 6.07) is 0.675. The number of ketones is 1. The Balaban J connectivity index is 3.59. The molecule has 0 spiro atoms. The van der Waals surface area contributed by atoms with Crippen molar-refractivity contribution in [3.05, 3.63) is 0 Å². The molecule has 0 N–H and O–H groups in total. The molecule has 4 heteroatoms. The third-order valence-electron chi connectivity index (χ3n) is 1.41. The number of rotatable bonds is 5. The van der Waals surface area contributed by atoms with Crippen LogP contribution in [0.4, 0.5) is 0 Å². The standard InChI is InChI=1S/C9H18O3Si/c1-8(10)12-6-5-9(11)7-13(2,3)4/h5-7H2,1-4H3. The fourth-order valence-corrected chi connectivity index (χ4v) is 2.35. The second kappa shape index (κ2) is 5.17. The van der Waals surface area contributed by atoms with E-state index in [2.05, 4.69) is 24.4 Å². The number of hydrogen-bond donors (Lipinski definition) is 0. The van der Waals surface area contributed by atoms with Crippen LogP contribution in [0.5, 0.6) is 0 Å². The fraction of sp³-hybridized carbons (Fsp3) is 0.778. The van der Waals surface area contributed by atoms with Crippen LogP contribution in [0.25, 0.3) is 0 Å². The third-order valence-corrected chi connectivity index (χ3v) is 2.87. The van der Waals surface area contributed by atoms with Gasteiger partial charge in [0.1, 0.15) is 5.78 Å². The average Bonchev–Trinajstić information content (AvgIpc) is 1.81. The average molecular weight is 202 g/mol. The van der Waals surface area contributed by atoms with Gasteiger partial charge in [-0.05, 0) is 0 Å². The van der Waals surface area contributed by atoms with Crippen molar-refractivity contribution in [3.63, 3.8) is 0 Å². The number of Topliss-reactive ketones (excluding diaryl/α,β-unsaturated/α-hetero) is 1. The Morgan fingerprint density at radius 2 is 1.77 bits per heavy atom. The van der Waals surface area contributed by atoms with Crippen molar-refractivity contribution in [2.24, 2.45) is 0 Å². The molecule has 0 aromatic rings. The van der Waals surface area contributed by atoms with Gasteiger partial charge < -0.3 is 4.74 Å². The van der Waals surface area contributed by atoms with Gasteiger partial charge in [0.15, 0.2) is 0 Å². The van der Waals surface area contributed by atoms with Gasteiger partial charge in [-0.2, -0.15) is 0 Å². The summed E-state index contributed by atoms with van der Waals surface area (Å²) in [5, 5.41) is 0. The summed E-state index contributed by atoms with van der Waals surface area (Å²) in [6.45, 7) is 8.03. The first-order valence-electron chi connectivity index (χ1n) is 4.46. The van der Waals surface area contributed by atoms with E-state index in [-0.39, 0.29) is 18.4 Å². The van der Waals surface area contributed by atoms with Gasteiger partial charge in [-0.25, -0.2) is 0 Å².